The molecule has 0 fully saturated rings. The van der Waals surface area contributed by atoms with Gasteiger partial charge in [-0.1, -0.05) is 17.7 Å². The fourth-order valence-corrected chi connectivity index (χ4v) is 1.69. The van der Waals surface area contributed by atoms with Crippen LogP contribution in [0.3, 0.4) is 0 Å². The van der Waals surface area contributed by atoms with Gasteiger partial charge in [-0.05, 0) is 45.4 Å². The van der Waals surface area contributed by atoms with Gasteiger partial charge in [0, 0.05) is 16.2 Å². The topological polar surface area (TPSA) is 70.2 Å². The van der Waals surface area contributed by atoms with E-state index in [9.17, 15) is 9.59 Å². The minimum absolute atomic E-state index is 0.00124. The van der Waals surface area contributed by atoms with Gasteiger partial charge < -0.3 is 10.6 Å². The standard InChI is InChI=1S/C14H20ClN3O2/c1-9-10(15)6-5-7-11(9)16-8-12(19)17-13(20)18-14(2,3)4/h5-7,16H,8H2,1-4H3,(H2,17,18,19,20). The van der Waals surface area contributed by atoms with Crippen LogP contribution in [0.15, 0.2) is 18.2 Å². The minimum atomic E-state index is -0.507. The minimum Gasteiger partial charge on any atom is -0.376 e. The normalized spacial score (nSPS) is 10.8. The lowest BCUT2D eigenvalue weighted by molar-refractivity contribution is -0.118. The van der Waals surface area contributed by atoms with Crippen LogP contribution in [0.4, 0.5) is 10.5 Å². The van der Waals surface area contributed by atoms with Crippen LogP contribution in [0.5, 0.6) is 0 Å². The number of hydrogen-bond donors (Lipinski definition) is 3. The van der Waals surface area contributed by atoms with E-state index >= 15 is 0 Å². The Hall–Kier alpha value is -1.75. The van der Waals surface area contributed by atoms with Crippen LogP contribution < -0.4 is 16.0 Å². The fraction of sp³-hybridized carbons (Fsp3) is 0.429. The smallest absolute Gasteiger partial charge is 0.321 e. The van der Waals surface area contributed by atoms with Crippen molar-refractivity contribution in [1.29, 1.82) is 0 Å². The first-order valence-electron chi connectivity index (χ1n) is 6.30. The molecule has 0 heterocycles. The molecule has 0 saturated carbocycles. The predicted molar refractivity (Wildman–Crippen MR) is 81.1 cm³/mol. The number of rotatable bonds is 3. The maximum atomic E-state index is 11.6. The maximum Gasteiger partial charge on any atom is 0.321 e. The molecule has 0 saturated heterocycles. The molecule has 1 aromatic carbocycles. The number of nitrogens with one attached hydrogen (secondary N) is 3. The highest BCUT2D eigenvalue weighted by atomic mass is 35.5. The molecule has 1 aromatic rings. The molecule has 0 aliphatic heterocycles. The molecule has 3 amide bonds. The highest BCUT2D eigenvalue weighted by molar-refractivity contribution is 6.31. The summed E-state index contributed by atoms with van der Waals surface area (Å²) >= 11 is 5.98. The molecule has 20 heavy (non-hydrogen) atoms. The fourth-order valence-electron chi connectivity index (χ4n) is 1.52. The first kappa shape index (κ1) is 16.3. The van der Waals surface area contributed by atoms with Gasteiger partial charge in [-0.3, -0.25) is 10.1 Å². The number of urea groups is 1. The molecule has 3 N–H and O–H groups in total. The van der Waals surface area contributed by atoms with Crippen LogP contribution in [0.1, 0.15) is 26.3 Å². The summed E-state index contributed by atoms with van der Waals surface area (Å²) < 4.78 is 0. The summed E-state index contributed by atoms with van der Waals surface area (Å²) in [5.74, 6) is -0.411. The van der Waals surface area contributed by atoms with Gasteiger partial charge in [0.05, 0.1) is 6.54 Å². The van der Waals surface area contributed by atoms with Crippen LogP contribution in [0.2, 0.25) is 5.02 Å². The third-order valence-electron chi connectivity index (χ3n) is 2.45. The third-order valence-corrected chi connectivity index (χ3v) is 2.86. The molecule has 6 heteroatoms. The molecule has 0 bridgehead atoms. The Morgan fingerprint density at radius 1 is 1.25 bits per heavy atom. The van der Waals surface area contributed by atoms with Crippen molar-refractivity contribution < 1.29 is 9.59 Å². The van der Waals surface area contributed by atoms with Crippen LogP contribution in [0, 0.1) is 6.92 Å². The van der Waals surface area contributed by atoms with Gasteiger partial charge in [-0.2, -0.15) is 0 Å². The molecular weight excluding hydrogens is 278 g/mol. The molecule has 0 atom stereocenters. The van der Waals surface area contributed by atoms with Crippen molar-refractivity contribution >= 4 is 29.2 Å². The molecule has 0 spiro atoms. The maximum absolute atomic E-state index is 11.6. The largest absolute Gasteiger partial charge is 0.376 e. The Bertz CT molecular complexity index is 510. The van der Waals surface area contributed by atoms with Crippen molar-refractivity contribution in [3.63, 3.8) is 0 Å². The second kappa shape index (κ2) is 6.61. The van der Waals surface area contributed by atoms with E-state index in [0.29, 0.717) is 5.02 Å². The van der Waals surface area contributed by atoms with Gasteiger partial charge >= 0.3 is 6.03 Å². The summed E-state index contributed by atoms with van der Waals surface area (Å²) in [6.07, 6.45) is 0. The number of anilines is 1. The van der Waals surface area contributed by atoms with Crippen molar-refractivity contribution in [2.75, 3.05) is 11.9 Å². The van der Waals surface area contributed by atoms with E-state index < -0.39 is 11.9 Å². The second-order valence-electron chi connectivity index (χ2n) is 5.52. The summed E-state index contributed by atoms with van der Waals surface area (Å²) in [6.45, 7) is 7.37. The average Bonchev–Trinajstić information content (AvgIpc) is 2.28. The van der Waals surface area contributed by atoms with Crippen molar-refractivity contribution in [3.8, 4) is 0 Å². The van der Waals surface area contributed by atoms with Crippen molar-refractivity contribution in [3.05, 3.63) is 28.8 Å². The van der Waals surface area contributed by atoms with Crippen LogP contribution in [-0.2, 0) is 4.79 Å². The van der Waals surface area contributed by atoms with Gasteiger partial charge in [-0.25, -0.2) is 4.79 Å². The van der Waals surface area contributed by atoms with Gasteiger partial charge in [0.2, 0.25) is 5.91 Å². The third kappa shape index (κ3) is 5.48. The van der Waals surface area contributed by atoms with E-state index in [0.717, 1.165) is 11.3 Å². The predicted octanol–water partition coefficient (Wildman–Crippen LogP) is 2.68. The lowest BCUT2D eigenvalue weighted by Crippen LogP contribution is -2.49. The Labute approximate surface area is 124 Å². The SMILES string of the molecule is Cc1c(Cl)cccc1NCC(=O)NC(=O)NC(C)(C)C. The monoisotopic (exact) mass is 297 g/mol. The molecule has 110 valence electrons. The van der Waals surface area contributed by atoms with Crippen LogP contribution >= 0.6 is 11.6 Å². The first-order valence-corrected chi connectivity index (χ1v) is 6.68. The van der Waals surface area contributed by atoms with Crippen molar-refractivity contribution in [1.82, 2.24) is 10.6 Å². The Balaban J connectivity index is 2.48. The molecule has 0 aliphatic rings. The zero-order chi connectivity index (χ0) is 15.3. The second-order valence-corrected chi connectivity index (χ2v) is 5.93. The zero-order valence-electron chi connectivity index (χ0n) is 12.1. The van der Waals surface area contributed by atoms with Crippen molar-refractivity contribution in [2.24, 2.45) is 0 Å². The molecule has 0 aromatic heterocycles. The Kier molecular flexibility index (Phi) is 5.39. The Morgan fingerprint density at radius 2 is 1.90 bits per heavy atom. The van der Waals surface area contributed by atoms with Crippen LogP contribution in [0.25, 0.3) is 0 Å². The Morgan fingerprint density at radius 3 is 2.50 bits per heavy atom. The number of hydrogen-bond acceptors (Lipinski definition) is 3. The van der Waals surface area contributed by atoms with Crippen LogP contribution in [-0.4, -0.2) is 24.0 Å². The summed E-state index contributed by atoms with van der Waals surface area (Å²) in [7, 11) is 0. The van der Waals surface area contributed by atoms with E-state index in [1.165, 1.54) is 0 Å². The highest BCUT2D eigenvalue weighted by Gasteiger charge is 2.15. The van der Waals surface area contributed by atoms with E-state index in [2.05, 4.69) is 16.0 Å². The molecule has 0 unspecified atom stereocenters. The number of amides is 3. The lowest BCUT2D eigenvalue weighted by Gasteiger charge is -2.20. The number of carbonyl (C=O) groups is 2. The van der Waals surface area contributed by atoms with Gasteiger partial charge in [0.15, 0.2) is 0 Å². The summed E-state index contributed by atoms with van der Waals surface area (Å²) in [4.78, 5) is 23.2. The zero-order valence-corrected chi connectivity index (χ0v) is 12.9. The number of imide groups is 1. The molecule has 5 nitrogen and oxygen atoms in total. The summed E-state index contributed by atoms with van der Waals surface area (Å²) in [6, 6.07) is 4.89. The van der Waals surface area contributed by atoms with Crippen molar-refractivity contribution in [2.45, 2.75) is 33.2 Å². The first-order chi connectivity index (χ1) is 9.19. The quantitative estimate of drug-likeness (QED) is 0.803. The summed E-state index contributed by atoms with van der Waals surface area (Å²) in [5, 5.41) is 8.48. The van der Waals surface area contributed by atoms with E-state index in [1.807, 2.05) is 33.8 Å². The average molecular weight is 298 g/mol. The van der Waals surface area contributed by atoms with E-state index in [-0.39, 0.29) is 12.1 Å². The van der Waals surface area contributed by atoms with E-state index in [1.54, 1.807) is 12.1 Å². The van der Waals surface area contributed by atoms with Gasteiger partial charge in [0.1, 0.15) is 0 Å². The van der Waals surface area contributed by atoms with E-state index in [4.69, 9.17) is 11.6 Å². The lowest BCUT2D eigenvalue weighted by atomic mass is 10.1. The number of benzene rings is 1. The molecule has 0 aliphatic carbocycles. The molecule has 0 radical (unpaired) electrons. The number of halogens is 1. The highest BCUT2D eigenvalue weighted by Crippen LogP contribution is 2.22. The van der Waals surface area contributed by atoms with Gasteiger partial charge in [-0.15, -0.1) is 0 Å². The number of carbonyl (C=O) groups excluding carboxylic acids is 2. The summed E-state index contributed by atoms with van der Waals surface area (Å²) in [5.41, 5.74) is 1.24. The molecular formula is C14H20ClN3O2. The van der Waals surface area contributed by atoms with Gasteiger partial charge in [0.25, 0.3) is 0 Å². The molecule has 1 rings (SSSR count).